The van der Waals surface area contributed by atoms with Gasteiger partial charge in [0.1, 0.15) is 5.82 Å². The number of carbonyl (C=O) groups is 2. The highest BCUT2D eigenvalue weighted by Crippen LogP contribution is 2.20. The van der Waals surface area contributed by atoms with Crippen LogP contribution < -0.4 is 16.0 Å². The predicted molar refractivity (Wildman–Crippen MR) is 95.8 cm³/mol. The van der Waals surface area contributed by atoms with E-state index in [4.69, 9.17) is 23.8 Å². The summed E-state index contributed by atoms with van der Waals surface area (Å²) in [5.74, 6) is -1.26. The molecule has 2 aromatic rings. The van der Waals surface area contributed by atoms with Gasteiger partial charge in [0.15, 0.2) is 5.11 Å². The van der Waals surface area contributed by atoms with Crippen LogP contribution >= 0.6 is 23.8 Å². The molecule has 0 aliphatic carbocycles. The Morgan fingerprint density at radius 1 is 1.08 bits per heavy atom. The van der Waals surface area contributed by atoms with Crippen LogP contribution in [0.25, 0.3) is 0 Å². The molecule has 3 N–H and O–H groups in total. The van der Waals surface area contributed by atoms with Crippen molar-refractivity contribution >= 4 is 52.1 Å². The third-order valence-electron chi connectivity index (χ3n) is 2.85. The number of carbonyl (C=O) groups excluding carboxylic acids is 2. The van der Waals surface area contributed by atoms with Crippen LogP contribution in [0.15, 0.2) is 42.5 Å². The van der Waals surface area contributed by atoms with E-state index in [0.29, 0.717) is 16.9 Å². The number of rotatable bonds is 3. The van der Waals surface area contributed by atoms with E-state index in [1.165, 1.54) is 25.1 Å². The first kappa shape index (κ1) is 17.8. The smallest absolute Gasteiger partial charge is 0.255 e. The maximum Gasteiger partial charge on any atom is 0.255 e. The number of halogens is 2. The second-order valence-electron chi connectivity index (χ2n) is 4.80. The van der Waals surface area contributed by atoms with Crippen molar-refractivity contribution in [1.29, 1.82) is 0 Å². The van der Waals surface area contributed by atoms with E-state index in [-0.39, 0.29) is 16.0 Å². The first-order chi connectivity index (χ1) is 11.3. The summed E-state index contributed by atoms with van der Waals surface area (Å²) < 4.78 is 13.1. The minimum absolute atomic E-state index is 0.0797. The summed E-state index contributed by atoms with van der Waals surface area (Å²) in [4.78, 5) is 23.2. The number of nitrogens with one attached hydrogen (secondary N) is 3. The van der Waals surface area contributed by atoms with Gasteiger partial charge in [-0.2, -0.15) is 0 Å². The van der Waals surface area contributed by atoms with Gasteiger partial charge in [0.25, 0.3) is 5.91 Å². The Bertz CT molecular complexity index is 814. The van der Waals surface area contributed by atoms with E-state index in [2.05, 4.69) is 16.0 Å². The molecular formula is C16H13ClFN3O2S. The van der Waals surface area contributed by atoms with Crippen LogP contribution in [0.3, 0.4) is 0 Å². The molecule has 24 heavy (non-hydrogen) atoms. The zero-order valence-electron chi connectivity index (χ0n) is 12.5. The van der Waals surface area contributed by atoms with Gasteiger partial charge in [0.2, 0.25) is 5.91 Å². The minimum Gasteiger partial charge on any atom is -0.332 e. The largest absolute Gasteiger partial charge is 0.332 e. The molecule has 0 radical (unpaired) electrons. The fourth-order valence-corrected chi connectivity index (χ4v) is 2.28. The second kappa shape index (κ2) is 7.85. The number of thiocarbonyl (C=S) groups is 1. The summed E-state index contributed by atoms with van der Waals surface area (Å²) in [6, 6.07) is 10.4. The van der Waals surface area contributed by atoms with Crippen molar-refractivity contribution in [3.8, 4) is 0 Å². The summed E-state index contributed by atoms with van der Waals surface area (Å²) in [5, 5.41) is 7.89. The number of benzene rings is 2. The molecule has 0 saturated carbocycles. The molecule has 0 aliphatic heterocycles. The van der Waals surface area contributed by atoms with Gasteiger partial charge in [-0.1, -0.05) is 17.7 Å². The van der Waals surface area contributed by atoms with Gasteiger partial charge in [-0.25, -0.2) is 4.39 Å². The molecule has 0 saturated heterocycles. The fourth-order valence-electron chi connectivity index (χ4n) is 1.84. The summed E-state index contributed by atoms with van der Waals surface area (Å²) in [6.45, 7) is 1.34. The second-order valence-corrected chi connectivity index (χ2v) is 5.61. The molecule has 2 aromatic carbocycles. The lowest BCUT2D eigenvalue weighted by molar-refractivity contribution is -0.117. The van der Waals surface area contributed by atoms with E-state index < -0.39 is 11.7 Å². The van der Waals surface area contributed by atoms with Crippen LogP contribution in [0.4, 0.5) is 15.8 Å². The van der Waals surface area contributed by atoms with Crippen LogP contribution in [-0.4, -0.2) is 16.9 Å². The lowest BCUT2D eigenvalue weighted by atomic mass is 10.2. The van der Waals surface area contributed by atoms with Crippen molar-refractivity contribution in [2.75, 3.05) is 10.6 Å². The molecule has 0 unspecified atom stereocenters. The molecule has 124 valence electrons. The SMILES string of the molecule is CC(=O)NC(=S)Nc1cccc(C(=O)Nc2ccc(F)c(Cl)c2)c1. The molecule has 8 heteroatoms. The van der Waals surface area contributed by atoms with Crippen LogP contribution in [0.1, 0.15) is 17.3 Å². The fraction of sp³-hybridized carbons (Fsp3) is 0.0625. The van der Waals surface area contributed by atoms with Gasteiger partial charge in [-0.05, 0) is 48.6 Å². The summed E-state index contributed by atoms with van der Waals surface area (Å²) in [7, 11) is 0. The number of amides is 2. The van der Waals surface area contributed by atoms with Gasteiger partial charge in [0, 0.05) is 23.9 Å². The van der Waals surface area contributed by atoms with Crippen molar-refractivity contribution in [3.05, 3.63) is 58.9 Å². The van der Waals surface area contributed by atoms with Crippen LogP contribution in [-0.2, 0) is 4.79 Å². The normalized spacial score (nSPS) is 9.96. The van der Waals surface area contributed by atoms with Crippen molar-refractivity contribution in [1.82, 2.24) is 5.32 Å². The summed E-state index contributed by atoms with van der Waals surface area (Å²) in [5.41, 5.74) is 1.27. The predicted octanol–water partition coefficient (Wildman–Crippen LogP) is 3.56. The highest BCUT2D eigenvalue weighted by molar-refractivity contribution is 7.80. The molecule has 0 atom stereocenters. The summed E-state index contributed by atoms with van der Waals surface area (Å²) in [6.07, 6.45) is 0. The van der Waals surface area contributed by atoms with E-state index in [0.717, 1.165) is 0 Å². The third-order valence-corrected chi connectivity index (χ3v) is 3.34. The third kappa shape index (κ3) is 5.00. The van der Waals surface area contributed by atoms with Crippen LogP contribution in [0.5, 0.6) is 0 Å². The van der Waals surface area contributed by atoms with Crippen molar-refractivity contribution in [3.63, 3.8) is 0 Å². The standard InChI is InChI=1S/C16H13ClFN3O2S/c1-9(22)19-16(24)21-11-4-2-3-10(7-11)15(23)20-12-5-6-14(18)13(17)8-12/h2-8H,1H3,(H,20,23)(H2,19,21,22,24). The number of anilines is 2. The number of hydrogen-bond acceptors (Lipinski definition) is 3. The van der Waals surface area contributed by atoms with Crippen molar-refractivity contribution in [2.45, 2.75) is 6.92 Å². The molecule has 0 bridgehead atoms. The molecule has 5 nitrogen and oxygen atoms in total. The highest BCUT2D eigenvalue weighted by Gasteiger charge is 2.09. The van der Waals surface area contributed by atoms with Gasteiger partial charge in [0.05, 0.1) is 5.02 Å². The average molecular weight is 366 g/mol. The molecule has 0 heterocycles. The Hall–Kier alpha value is -2.51. The molecular weight excluding hydrogens is 353 g/mol. The maximum absolute atomic E-state index is 13.1. The zero-order chi connectivity index (χ0) is 17.7. The van der Waals surface area contributed by atoms with Crippen molar-refractivity contribution < 1.29 is 14.0 Å². The van der Waals surface area contributed by atoms with Crippen molar-refractivity contribution in [2.24, 2.45) is 0 Å². The summed E-state index contributed by atoms with van der Waals surface area (Å²) >= 11 is 10.6. The van der Waals surface area contributed by atoms with E-state index in [1.807, 2.05) is 0 Å². The molecule has 0 aliphatic rings. The monoisotopic (exact) mass is 365 g/mol. The van der Waals surface area contributed by atoms with Gasteiger partial charge in [-0.15, -0.1) is 0 Å². The first-order valence-electron chi connectivity index (χ1n) is 6.80. The van der Waals surface area contributed by atoms with E-state index >= 15 is 0 Å². The molecule has 0 fully saturated rings. The molecule has 0 aromatic heterocycles. The Labute approximate surface area is 148 Å². The Morgan fingerprint density at radius 3 is 2.46 bits per heavy atom. The lowest BCUT2D eigenvalue weighted by Crippen LogP contribution is -2.32. The molecule has 2 amide bonds. The Balaban J connectivity index is 2.09. The maximum atomic E-state index is 13.1. The van der Waals surface area contributed by atoms with Gasteiger partial charge < -0.3 is 16.0 Å². The van der Waals surface area contributed by atoms with E-state index in [9.17, 15) is 14.0 Å². The number of hydrogen-bond donors (Lipinski definition) is 3. The minimum atomic E-state index is -0.563. The Morgan fingerprint density at radius 2 is 1.79 bits per heavy atom. The topological polar surface area (TPSA) is 70.2 Å². The average Bonchev–Trinajstić information content (AvgIpc) is 2.50. The molecule has 2 rings (SSSR count). The van der Waals surface area contributed by atoms with E-state index in [1.54, 1.807) is 24.3 Å². The van der Waals surface area contributed by atoms with Gasteiger partial charge >= 0.3 is 0 Å². The van der Waals surface area contributed by atoms with Gasteiger partial charge in [-0.3, -0.25) is 9.59 Å². The lowest BCUT2D eigenvalue weighted by Gasteiger charge is -2.10. The quantitative estimate of drug-likeness (QED) is 0.727. The Kier molecular flexibility index (Phi) is 5.83. The zero-order valence-corrected chi connectivity index (χ0v) is 14.1. The van der Waals surface area contributed by atoms with Crippen LogP contribution in [0.2, 0.25) is 5.02 Å². The molecule has 0 spiro atoms. The van der Waals surface area contributed by atoms with Crippen LogP contribution in [0, 0.1) is 5.82 Å². The first-order valence-corrected chi connectivity index (χ1v) is 7.59. The highest BCUT2D eigenvalue weighted by atomic mass is 35.5.